The molecule has 1 fully saturated rings. The van der Waals surface area contributed by atoms with Crippen molar-refractivity contribution in [2.24, 2.45) is 5.92 Å². The van der Waals surface area contributed by atoms with Gasteiger partial charge >= 0.3 is 0 Å². The summed E-state index contributed by atoms with van der Waals surface area (Å²) in [6, 6.07) is 7.70. The maximum atomic E-state index is 12.2. The van der Waals surface area contributed by atoms with Gasteiger partial charge in [-0.2, -0.15) is 0 Å². The minimum absolute atomic E-state index is 0.225. The van der Waals surface area contributed by atoms with Crippen LogP contribution in [0.5, 0.6) is 0 Å². The van der Waals surface area contributed by atoms with Crippen molar-refractivity contribution < 1.29 is 4.79 Å². The predicted molar refractivity (Wildman–Crippen MR) is 87.4 cm³/mol. The summed E-state index contributed by atoms with van der Waals surface area (Å²) >= 11 is 5.98. The highest BCUT2D eigenvalue weighted by Gasteiger charge is 2.19. The quantitative estimate of drug-likeness (QED) is 0.832. The molecule has 2 rings (SSSR count). The lowest BCUT2D eigenvalue weighted by Gasteiger charge is -2.29. The van der Waals surface area contributed by atoms with Crippen LogP contribution in [0.4, 0.5) is 0 Å². The van der Waals surface area contributed by atoms with Gasteiger partial charge in [0.2, 0.25) is 5.91 Å². The summed E-state index contributed by atoms with van der Waals surface area (Å²) in [6.07, 6.45) is 4.17. The summed E-state index contributed by atoms with van der Waals surface area (Å²) in [6.45, 7) is 2.95. The molecule has 1 aromatic rings. The van der Waals surface area contributed by atoms with E-state index in [0.29, 0.717) is 18.9 Å². The van der Waals surface area contributed by atoms with Gasteiger partial charge in [0.15, 0.2) is 0 Å². The number of nitrogens with zero attached hydrogens (tertiary/aromatic N) is 2. The second-order valence-electron chi connectivity index (χ2n) is 6.19. The standard InChI is InChI=1S/C17H25ClN2O/c1-19-10-4-6-14(12-19)8-9-17(21)20(2)13-15-5-3-7-16(18)11-15/h3,5,7,11,14H,4,6,8-10,12-13H2,1-2H3/t14-/m1/s1. The first-order chi connectivity index (χ1) is 10.0. The Labute approximate surface area is 132 Å². The fourth-order valence-electron chi connectivity index (χ4n) is 3.02. The van der Waals surface area contributed by atoms with Gasteiger partial charge in [-0.1, -0.05) is 23.7 Å². The number of halogens is 1. The molecule has 1 heterocycles. The molecule has 1 aliphatic heterocycles. The summed E-state index contributed by atoms with van der Waals surface area (Å²) in [7, 11) is 4.04. The highest BCUT2D eigenvalue weighted by Crippen LogP contribution is 2.20. The lowest BCUT2D eigenvalue weighted by Crippen LogP contribution is -2.33. The van der Waals surface area contributed by atoms with Crippen LogP contribution in [-0.2, 0) is 11.3 Å². The number of hydrogen-bond acceptors (Lipinski definition) is 2. The van der Waals surface area contributed by atoms with E-state index in [-0.39, 0.29) is 5.91 Å². The maximum absolute atomic E-state index is 12.2. The molecule has 21 heavy (non-hydrogen) atoms. The number of amides is 1. The van der Waals surface area contributed by atoms with Gasteiger partial charge in [0.1, 0.15) is 0 Å². The van der Waals surface area contributed by atoms with Crippen LogP contribution in [0.25, 0.3) is 0 Å². The largest absolute Gasteiger partial charge is 0.341 e. The van der Waals surface area contributed by atoms with Gasteiger partial charge < -0.3 is 9.80 Å². The van der Waals surface area contributed by atoms with Crippen molar-refractivity contribution in [2.45, 2.75) is 32.2 Å². The van der Waals surface area contributed by atoms with Crippen LogP contribution in [0, 0.1) is 5.92 Å². The van der Waals surface area contributed by atoms with Crippen molar-refractivity contribution in [1.82, 2.24) is 9.80 Å². The van der Waals surface area contributed by atoms with Crippen LogP contribution >= 0.6 is 11.6 Å². The number of likely N-dealkylation sites (tertiary alicyclic amines) is 1. The normalized spacial score (nSPS) is 19.5. The third-order valence-corrected chi connectivity index (χ3v) is 4.46. The van der Waals surface area contributed by atoms with E-state index in [1.54, 1.807) is 4.90 Å². The molecular formula is C17H25ClN2O. The highest BCUT2D eigenvalue weighted by molar-refractivity contribution is 6.30. The van der Waals surface area contributed by atoms with E-state index in [0.717, 1.165) is 23.6 Å². The van der Waals surface area contributed by atoms with Gasteiger partial charge in [0.05, 0.1) is 0 Å². The van der Waals surface area contributed by atoms with Crippen LogP contribution in [-0.4, -0.2) is 42.9 Å². The molecule has 4 heteroatoms. The summed E-state index contributed by atoms with van der Waals surface area (Å²) in [5, 5.41) is 0.721. The van der Waals surface area contributed by atoms with Crippen LogP contribution in [0.1, 0.15) is 31.2 Å². The van der Waals surface area contributed by atoms with Crippen molar-refractivity contribution in [3.8, 4) is 0 Å². The summed E-state index contributed by atoms with van der Waals surface area (Å²) in [4.78, 5) is 16.4. The van der Waals surface area contributed by atoms with E-state index in [1.165, 1.54) is 19.4 Å². The fraction of sp³-hybridized carbons (Fsp3) is 0.588. The van der Waals surface area contributed by atoms with Crippen molar-refractivity contribution in [2.75, 3.05) is 27.2 Å². The second kappa shape index (κ2) is 7.81. The van der Waals surface area contributed by atoms with Crippen molar-refractivity contribution in [1.29, 1.82) is 0 Å². The minimum atomic E-state index is 0.225. The highest BCUT2D eigenvalue weighted by atomic mass is 35.5. The van der Waals surface area contributed by atoms with Crippen LogP contribution in [0.3, 0.4) is 0 Å². The SMILES string of the molecule is CN1CCC[C@H](CCC(=O)N(C)Cc2cccc(Cl)c2)C1. The first-order valence-electron chi connectivity index (χ1n) is 7.71. The molecule has 0 N–H and O–H groups in total. The maximum Gasteiger partial charge on any atom is 0.222 e. The first-order valence-corrected chi connectivity index (χ1v) is 8.09. The number of hydrogen-bond donors (Lipinski definition) is 0. The molecule has 1 aliphatic rings. The van der Waals surface area contributed by atoms with Gasteiger partial charge in [-0.15, -0.1) is 0 Å². The molecule has 0 aromatic heterocycles. The van der Waals surface area contributed by atoms with Crippen LogP contribution in [0.2, 0.25) is 5.02 Å². The average Bonchev–Trinajstić information content (AvgIpc) is 2.45. The van der Waals surface area contributed by atoms with Crippen molar-refractivity contribution >= 4 is 17.5 Å². The monoisotopic (exact) mass is 308 g/mol. The summed E-state index contributed by atoms with van der Waals surface area (Å²) in [5.41, 5.74) is 1.08. The molecule has 0 bridgehead atoms. The molecule has 1 saturated heterocycles. The zero-order valence-electron chi connectivity index (χ0n) is 13.0. The fourth-order valence-corrected chi connectivity index (χ4v) is 3.24. The van der Waals surface area contributed by atoms with Gasteiger partial charge in [-0.3, -0.25) is 4.79 Å². The third kappa shape index (κ3) is 5.33. The molecule has 1 amide bonds. The van der Waals surface area contributed by atoms with E-state index in [2.05, 4.69) is 11.9 Å². The number of rotatable bonds is 5. The Kier molecular flexibility index (Phi) is 6.07. The van der Waals surface area contributed by atoms with Crippen LogP contribution < -0.4 is 0 Å². The Morgan fingerprint density at radius 1 is 1.48 bits per heavy atom. The lowest BCUT2D eigenvalue weighted by atomic mass is 9.93. The average molecular weight is 309 g/mol. The predicted octanol–water partition coefficient (Wildman–Crippen LogP) is 3.42. The number of carbonyl (C=O) groups is 1. The Morgan fingerprint density at radius 3 is 3.00 bits per heavy atom. The van der Waals surface area contributed by atoms with Gasteiger partial charge in [0, 0.05) is 31.6 Å². The number of carbonyl (C=O) groups excluding carboxylic acids is 1. The molecule has 0 radical (unpaired) electrons. The molecule has 3 nitrogen and oxygen atoms in total. The second-order valence-corrected chi connectivity index (χ2v) is 6.63. The van der Waals surface area contributed by atoms with E-state index >= 15 is 0 Å². The number of piperidine rings is 1. The summed E-state index contributed by atoms with van der Waals surface area (Å²) < 4.78 is 0. The first kappa shape index (κ1) is 16.3. The van der Waals surface area contributed by atoms with Gasteiger partial charge in [-0.05, 0) is 56.5 Å². The minimum Gasteiger partial charge on any atom is -0.341 e. The molecule has 0 aliphatic carbocycles. The van der Waals surface area contributed by atoms with E-state index in [9.17, 15) is 4.79 Å². The zero-order chi connectivity index (χ0) is 15.2. The lowest BCUT2D eigenvalue weighted by molar-refractivity contribution is -0.130. The molecule has 116 valence electrons. The van der Waals surface area contributed by atoms with Gasteiger partial charge in [0.25, 0.3) is 0 Å². The smallest absolute Gasteiger partial charge is 0.222 e. The molecular weight excluding hydrogens is 284 g/mol. The van der Waals surface area contributed by atoms with Crippen molar-refractivity contribution in [3.05, 3.63) is 34.9 Å². The molecule has 0 saturated carbocycles. The Hall–Kier alpha value is -1.06. The Morgan fingerprint density at radius 2 is 2.29 bits per heavy atom. The molecule has 1 atom stereocenters. The van der Waals surface area contributed by atoms with Gasteiger partial charge in [-0.25, -0.2) is 0 Å². The van der Waals surface area contributed by atoms with E-state index in [4.69, 9.17) is 11.6 Å². The van der Waals surface area contributed by atoms with E-state index < -0.39 is 0 Å². The Bertz CT molecular complexity index is 478. The topological polar surface area (TPSA) is 23.6 Å². The summed E-state index contributed by atoms with van der Waals surface area (Å²) in [5.74, 6) is 0.899. The molecule has 0 unspecified atom stereocenters. The van der Waals surface area contributed by atoms with E-state index in [1.807, 2.05) is 31.3 Å². The van der Waals surface area contributed by atoms with Crippen LogP contribution in [0.15, 0.2) is 24.3 Å². The number of benzene rings is 1. The molecule has 1 aromatic carbocycles. The third-order valence-electron chi connectivity index (χ3n) is 4.22. The zero-order valence-corrected chi connectivity index (χ0v) is 13.8. The Balaban J connectivity index is 1.77. The molecule has 0 spiro atoms. The van der Waals surface area contributed by atoms with Crippen molar-refractivity contribution in [3.63, 3.8) is 0 Å².